The molecule has 3 N–H and O–H groups in total. The Balaban J connectivity index is 1.61. The highest BCUT2D eigenvalue weighted by molar-refractivity contribution is 6.05. The molecule has 0 unspecified atom stereocenters. The summed E-state index contributed by atoms with van der Waals surface area (Å²) in [5.41, 5.74) is 3.37. The summed E-state index contributed by atoms with van der Waals surface area (Å²) in [7, 11) is 1.48. The lowest BCUT2D eigenvalue weighted by Crippen LogP contribution is -2.39. The first-order chi connectivity index (χ1) is 17.8. The van der Waals surface area contributed by atoms with Crippen LogP contribution in [0, 0.1) is 17.8 Å². The molecule has 0 saturated carbocycles. The van der Waals surface area contributed by atoms with Gasteiger partial charge in [-0.1, -0.05) is 48.9 Å². The van der Waals surface area contributed by atoms with Gasteiger partial charge >= 0.3 is 0 Å². The summed E-state index contributed by atoms with van der Waals surface area (Å²) in [6.07, 6.45) is 3.19. The van der Waals surface area contributed by atoms with E-state index >= 15 is 0 Å². The Morgan fingerprint density at radius 2 is 1.89 bits per heavy atom. The lowest BCUT2D eigenvalue weighted by molar-refractivity contribution is -0.138. The van der Waals surface area contributed by atoms with E-state index in [9.17, 15) is 24.9 Å². The highest BCUT2D eigenvalue weighted by Crippen LogP contribution is 2.46. The fourth-order valence-electron chi connectivity index (χ4n) is 5.62. The third-order valence-corrected chi connectivity index (χ3v) is 7.55. The van der Waals surface area contributed by atoms with E-state index in [-0.39, 0.29) is 30.8 Å². The first kappa shape index (κ1) is 26.6. The van der Waals surface area contributed by atoms with Gasteiger partial charge in [-0.2, -0.15) is 0 Å². The molecule has 2 aromatic carbocycles. The molecule has 1 aliphatic heterocycles. The number of carbonyl (C=O) groups is 2. The van der Waals surface area contributed by atoms with Gasteiger partial charge in [-0.25, -0.2) is 0 Å². The number of phenols is 1. The van der Waals surface area contributed by atoms with Crippen LogP contribution in [0.1, 0.15) is 38.2 Å². The molecular weight excluding hydrogens is 470 g/mol. The van der Waals surface area contributed by atoms with Crippen molar-refractivity contribution in [2.45, 2.75) is 38.7 Å². The summed E-state index contributed by atoms with van der Waals surface area (Å²) in [5.74, 6) is -1.58. The second-order valence-corrected chi connectivity index (χ2v) is 9.83. The van der Waals surface area contributed by atoms with Gasteiger partial charge < -0.3 is 20.1 Å². The maximum Gasteiger partial charge on any atom is 0.233 e. The monoisotopic (exact) mass is 505 g/mol. The topological polar surface area (TPSA) is 107 Å². The van der Waals surface area contributed by atoms with Gasteiger partial charge in [-0.3, -0.25) is 14.5 Å². The molecule has 1 saturated heterocycles. The van der Waals surface area contributed by atoms with Crippen LogP contribution in [-0.2, 0) is 9.59 Å². The van der Waals surface area contributed by atoms with Crippen molar-refractivity contribution in [1.29, 1.82) is 0 Å². The van der Waals surface area contributed by atoms with Gasteiger partial charge in [0.05, 0.1) is 24.5 Å². The lowest BCUT2D eigenvalue weighted by atomic mass is 9.68. The number of likely N-dealkylation sites (tertiary alicyclic amines) is 1. The molecule has 2 aromatic rings. The normalized spacial score (nSPS) is 22.9. The average Bonchev–Trinajstić information content (AvgIpc) is 3.12. The largest absolute Gasteiger partial charge is 0.508 e. The number of benzene rings is 2. The Morgan fingerprint density at radius 3 is 2.57 bits per heavy atom. The summed E-state index contributed by atoms with van der Waals surface area (Å²) in [6, 6.07) is 16.3. The fraction of sp³-hybridized carbons (Fsp3) is 0.400. The van der Waals surface area contributed by atoms with Crippen LogP contribution in [0.5, 0.6) is 11.5 Å². The second-order valence-electron chi connectivity index (χ2n) is 9.83. The number of aliphatic hydroxyl groups is 2. The predicted molar refractivity (Wildman–Crippen MR) is 141 cm³/mol. The van der Waals surface area contributed by atoms with Crippen LogP contribution in [0.25, 0.3) is 6.08 Å². The molecule has 0 bridgehead atoms. The Kier molecular flexibility index (Phi) is 8.46. The minimum absolute atomic E-state index is 0.168. The first-order valence-corrected chi connectivity index (χ1v) is 12.8. The molecule has 4 rings (SSSR count). The van der Waals surface area contributed by atoms with Crippen molar-refractivity contribution < 1.29 is 29.6 Å². The number of carbonyl (C=O) groups excluding carboxylic acids is 2. The Bertz CT molecular complexity index is 1190. The van der Waals surface area contributed by atoms with Gasteiger partial charge in [0, 0.05) is 13.0 Å². The van der Waals surface area contributed by atoms with E-state index in [0.717, 1.165) is 28.0 Å². The molecular formula is C30H35NO6. The standard InChI is InChI=1S/C30H35NO6/c1-3-19(14-20-8-7-9-22(33)15-20)12-13-26(34)27-21(18-37-23-10-5-4-6-11-23)16-24-28(25(27)17-32)30(36)31(2)29(24)35/h4-11,14-15,24-26,28,32-34H,3,12-13,16-18H2,1-2H3/b19-14+/t24-,25+,26-,28-/m1/s1. The number of imide groups is 1. The Morgan fingerprint density at radius 1 is 1.14 bits per heavy atom. The number of hydrogen-bond acceptors (Lipinski definition) is 6. The molecule has 1 fully saturated rings. The molecule has 196 valence electrons. The summed E-state index contributed by atoms with van der Waals surface area (Å²) in [4.78, 5) is 26.9. The van der Waals surface area contributed by atoms with Gasteiger partial charge in [0.25, 0.3) is 0 Å². The zero-order chi connectivity index (χ0) is 26.5. The quantitative estimate of drug-likeness (QED) is 0.334. The van der Waals surface area contributed by atoms with Gasteiger partial charge in [0.2, 0.25) is 11.8 Å². The van der Waals surface area contributed by atoms with Gasteiger partial charge in [0.15, 0.2) is 0 Å². The molecule has 0 aromatic heterocycles. The molecule has 1 heterocycles. The number of aliphatic hydroxyl groups excluding tert-OH is 2. The van der Waals surface area contributed by atoms with Crippen molar-refractivity contribution in [2.24, 2.45) is 17.8 Å². The molecule has 0 radical (unpaired) electrons. The summed E-state index contributed by atoms with van der Waals surface area (Å²) < 4.78 is 6.00. The summed E-state index contributed by atoms with van der Waals surface area (Å²) >= 11 is 0. The van der Waals surface area contributed by atoms with Crippen molar-refractivity contribution in [1.82, 2.24) is 4.90 Å². The van der Waals surface area contributed by atoms with E-state index in [4.69, 9.17) is 4.74 Å². The van der Waals surface area contributed by atoms with Crippen LogP contribution >= 0.6 is 0 Å². The maximum atomic E-state index is 12.9. The number of nitrogens with zero attached hydrogens (tertiary/aromatic N) is 1. The zero-order valence-corrected chi connectivity index (χ0v) is 21.3. The number of amides is 2. The van der Waals surface area contributed by atoms with Crippen molar-refractivity contribution >= 4 is 17.9 Å². The highest BCUT2D eigenvalue weighted by atomic mass is 16.5. The van der Waals surface area contributed by atoms with Crippen LogP contribution in [0.2, 0.25) is 0 Å². The minimum atomic E-state index is -0.902. The molecule has 37 heavy (non-hydrogen) atoms. The zero-order valence-electron chi connectivity index (χ0n) is 21.3. The second kappa shape index (κ2) is 11.8. The lowest BCUT2D eigenvalue weighted by Gasteiger charge is -2.36. The number of hydrogen-bond donors (Lipinski definition) is 3. The predicted octanol–water partition coefficient (Wildman–Crippen LogP) is 3.95. The van der Waals surface area contributed by atoms with E-state index in [1.807, 2.05) is 49.4 Å². The number of ether oxygens (including phenoxy) is 1. The van der Waals surface area contributed by atoms with Crippen LogP contribution < -0.4 is 4.74 Å². The van der Waals surface area contributed by atoms with E-state index in [0.29, 0.717) is 30.6 Å². The van der Waals surface area contributed by atoms with Crippen LogP contribution in [0.15, 0.2) is 71.3 Å². The van der Waals surface area contributed by atoms with Crippen molar-refractivity contribution in [3.8, 4) is 11.5 Å². The SMILES string of the molecule is CC/C(=C\c1cccc(O)c1)CC[C@@H](O)C1=C(COc2ccccc2)C[C@H]2C(=O)N(C)C(=O)[C@H]2[C@H]1CO. The van der Waals surface area contributed by atoms with Crippen LogP contribution in [0.3, 0.4) is 0 Å². The minimum Gasteiger partial charge on any atom is -0.508 e. The molecule has 2 amide bonds. The number of allylic oxidation sites excluding steroid dienone is 1. The van der Waals surface area contributed by atoms with Crippen molar-refractivity contribution in [2.75, 3.05) is 20.3 Å². The Hall–Kier alpha value is -3.42. The van der Waals surface area contributed by atoms with E-state index < -0.39 is 23.9 Å². The van der Waals surface area contributed by atoms with E-state index in [1.165, 1.54) is 7.05 Å². The smallest absolute Gasteiger partial charge is 0.233 e. The number of rotatable bonds is 10. The highest BCUT2D eigenvalue weighted by Gasteiger charge is 2.53. The molecule has 4 atom stereocenters. The van der Waals surface area contributed by atoms with Crippen LogP contribution in [0.4, 0.5) is 0 Å². The van der Waals surface area contributed by atoms with E-state index in [2.05, 4.69) is 0 Å². The van der Waals surface area contributed by atoms with Gasteiger partial charge in [0.1, 0.15) is 18.1 Å². The van der Waals surface area contributed by atoms with Crippen molar-refractivity contribution in [3.05, 3.63) is 76.9 Å². The third-order valence-electron chi connectivity index (χ3n) is 7.55. The summed E-state index contributed by atoms with van der Waals surface area (Å²) in [6.45, 7) is 1.87. The number of phenolic OH excluding ortho intramolecular Hbond substituents is 1. The fourth-order valence-corrected chi connectivity index (χ4v) is 5.62. The third kappa shape index (κ3) is 5.78. The molecule has 2 aliphatic rings. The number of para-hydroxylation sites is 1. The molecule has 0 spiro atoms. The van der Waals surface area contributed by atoms with Gasteiger partial charge in [-0.05, 0) is 66.7 Å². The molecule has 7 nitrogen and oxygen atoms in total. The molecule has 7 heteroatoms. The summed E-state index contributed by atoms with van der Waals surface area (Å²) in [5, 5.41) is 31.6. The number of aromatic hydroxyl groups is 1. The van der Waals surface area contributed by atoms with E-state index in [1.54, 1.807) is 18.2 Å². The van der Waals surface area contributed by atoms with Crippen molar-refractivity contribution in [3.63, 3.8) is 0 Å². The van der Waals surface area contributed by atoms with Gasteiger partial charge in [-0.15, -0.1) is 0 Å². The number of fused-ring (bicyclic) bond motifs is 1. The average molecular weight is 506 g/mol. The van der Waals surface area contributed by atoms with Crippen LogP contribution in [-0.4, -0.2) is 58.4 Å². The Labute approximate surface area is 217 Å². The first-order valence-electron chi connectivity index (χ1n) is 12.8. The molecule has 1 aliphatic carbocycles. The maximum absolute atomic E-state index is 12.9.